The summed E-state index contributed by atoms with van der Waals surface area (Å²) in [5.74, 6) is 0.313. The molecule has 0 radical (unpaired) electrons. The number of nitro groups is 1. The lowest BCUT2D eigenvalue weighted by molar-refractivity contribution is -0.433. The number of hydrogen-bond donors (Lipinski definition) is 0. The van der Waals surface area contributed by atoms with Gasteiger partial charge in [0, 0.05) is 32.9 Å². The van der Waals surface area contributed by atoms with Gasteiger partial charge in [0.2, 0.25) is 0 Å². The van der Waals surface area contributed by atoms with Gasteiger partial charge in [0.15, 0.2) is 5.82 Å². The molecule has 1 aliphatic rings. The molecule has 0 aliphatic carbocycles. The maximum atomic E-state index is 11.9. The van der Waals surface area contributed by atoms with Crippen molar-refractivity contribution in [2.45, 2.75) is 39.7 Å². The molecule has 30 heavy (non-hydrogen) atoms. The molecule has 0 spiro atoms. The first-order valence-electron chi connectivity index (χ1n) is 10.2. The molecule has 10 heteroatoms. The Morgan fingerprint density at radius 2 is 2.17 bits per heavy atom. The molecule has 1 aromatic rings. The number of halogens is 1. The summed E-state index contributed by atoms with van der Waals surface area (Å²) in [7, 11) is 1.83. The Hall–Kier alpha value is -2.39. The fraction of sp³-hybridized carbons (Fsp3) is 0.600. The van der Waals surface area contributed by atoms with Gasteiger partial charge in [0.1, 0.15) is 5.15 Å². The fourth-order valence-electron chi connectivity index (χ4n) is 3.34. The van der Waals surface area contributed by atoms with Crippen LogP contribution in [-0.2, 0) is 16.1 Å². The summed E-state index contributed by atoms with van der Waals surface area (Å²) < 4.78 is 5.18. The number of pyridine rings is 1. The van der Waals surface area contributed by atoms with Crippen LogP contribution in [-0.4, -0.2) is 70.5 Å². The summed E-state index contributed by atoms with van der Waals surface area (Å²) in [6.07, 6.45) is 3.69. The van der Waals surface area contributed by atoms with E-state index in [0.29, 0.717) is 43.9 Å². The molecular weight excluding hydrogens is 410 g/mol. The maximum absolute atomic E-state index is 11.9. The third-order valence-corrected chi connectivity index (χ3v) is 5.09. The second kappa shape index (κ2) is 11.7. The van der Waals surface area contributed by atoms with E-state index >= 15 is 0 Å². The van der Waals surface area contributed by atoms with Crippen LogP contribution in [0.3, 0.4) is 0 Å². The van der Waals surface area contributed by atoms with E-state index in [4.69, 9.17) is 16.3 Å². The number of carbonyl (C=O) groups excluding carboxylic acids is 1. The standard InChI is InChI=1S/C20H30ClN5O4/c1-4-6-11-30-19(27)9-10-24-14-17(26(28)29)20(23(3)15-24)25(5-2)13-16-7-8-18(21)22-12-16/h7-8,12H,4-6,9-11,13-15H2,1-3H3. The first-order chi connectivity index (χ1) is 14.3. The Morgan fingerprint density at radius 1 is 1.40 bits per heavy atom. The van der Waals surface area contributed by atoms with Crippen LogP contribution in [0.15, 0.2) is 29.8 Å². The van der Waals surface area contributed by atoms with Crippen LogP contribution in [0, 0.1) is 10.1 Å². The summed E-state index contributed by atoms with van der Waals surface area (Å²) in [5, 5.41) is 12.2. The average Bonchev–Trinajstić information content (AvgIpc) is 2.72. The number of nitrogens with zero attached hydrogens (tertiary/aromatic N) is 5. The number of ether oxygens (including phenoxy) is 1. The summed E-state index contributed by atoms with van der Waals surface area (Å²) in [5.41, 5.74) is 1.04. The minimum Gasteiger partial charge on any atom is -0.466 e. The lowest BCUT2D eigenvalue weighted by atomic mass is 10.2. The van der Waals surface area contributed by atoms with E-state index in [1.54, 1.807) is 12.3 Å². The lowest BCUT2D eigenvalue weighted by Crippen LogP contribution is -2.48. The molecule has 0 saturated carbocycles. The Bertz CT molecular complexity index is 756. The number of rotatable bonds is 11. The van der Waals surface area contributed by atoms with E-state index in [-0.39, 0.29) is 29.6 Å². The molecule has 0 N–H and O–H groups in total. The predicted octanol–water partition coefficient (Wildman–Crippen LogP) is 2.94. The second-order valence-corrected chi connectivity index (χ2v) is 7.63. The summed E-state index contributed by atoms with van der Waals surface area (Å²) >= 11 is 5.85. The van der Waals surface area contributed by atoms with Gasteiger partial charge in [-0.1, -0.05) is 31.0 Å². The number of aromatic nitrogens is 1. The molecule has 0 unspecified atom stereocenters. The van der Waals surface area contributed by atoms with E-state index in [0.717, 1.165) is 18.4 Å². The molecule has 1 aromatic heterocycles. The van der Waals surface area contributed by atoms with Crippen LogP contribution in [0.4, 0.5) is 0 Å². The van der Waals surface area contributed by atoms with Crippen molar-refractivity contribution >= 4 is 17.6 Å². The van der Waals surface area contributed by atoms with Crippen LogP contribution >= 0.6 is 11.6 Å². The minimum absolute atomic E-state index is 0.117. The largest absolute Gasteiger partial charge is 0.466 e. The van der Waals surface area contributed by atoms with E-state index in [2.05, 4.69) is 4.98 Å². The van der Waals surface area contributed by atoms with Crippen molar-refractivity contribution in [2.24, 2.45) is 0 Å². The molecule has 0 fully saturated rings. The highest BCUT2D eigenvalue weighted by molar-refractivity contribution is 6.29. The van der Waals surface area contributed by atoms with E-state index < -0.39 is 0 Å². The third-order valence-electron chi connectivity index (χ3n) is 4.86. The summed E-state index contributed by atoms with van der Waals surface area (Å²) in [6.45, 7) is 6.57. The zero-order valence-electron chi connectivity index (χ0n) is 17.8. The Kier molecular flexibility index (Phi) is 9.32. The third kappa shape index (κ3) is 6.84. The quantitative estimate of drug-likeness (QED) is 0.171. The van der Waals surface area contributed by atoms with E-state index in [1.165, 1.54) is 0 Å². The van der Waals surface area contributed by atoms with Gasteiger partial charge in [-0.05, 0) is 25.0 Å². The van der Waals surface area contributed by atoms with E-state index in [1.807, 2.05) is 41.7 Å². The van der Waals surface area contributed by atoms with Crippen molar-refractivity contribution in [1.82, 2.24) is 19.7 Å². The monoisotopic (exact) mass is 439 g/mol. The normalized spacial score (nSPS) is 14.7. The highest BCUT2D eigenvalue weighted by Crippen LogP contribution is 2.23. The fourth-order valence-corrected chi connectivity index (χ4v) is 3.45. The molecule has 0 amide bonds. The van der Waals surface area contributed by atoms with Gasteiger partial charge in [-0.15, -0.1) is 0 Å². The predicted molar refractivity (Wildman–Crippen MR) is 114 cm³/mol. The maximum Gasteiger partial charge on any atom is 0.307 e. The Morgan fingerprint density at radius 3 is 2.77 bits per heavy atom. The number of esters is 1. The Balaban J connectivity index is 2.09. The summed E-state index contributed by atoms with van der Waals surface area (Å²) in [6, 6.07) is 3.57. The SMILES string of the molecule is CCCCOC(=O)CCN1CC([N+](=O)[O-])=C(N(CC)Cc2ccc(Cl)nc2)N(C)C1. The van der Waals surface area contributed by atoms with Crippen molar-refractivity contribution in [1.29, 1.82) is 0 Å². The van der Waals surface area contributed by atoms with Crippen LogP contribution in [0.25, 0.3) is 0 Å². The van der Waals surface area contributed by atoms with Crippen molar-refractivity contribution in [3.05, 3.63) is 50.7 Å². The lowest BCUT2D eigenvalue weighted by Gasteiger charge is -2.39. The van der Waals surface area contributed by atoms with Gasteiger partial charge in [-0.2, -0.15) is 0 Å². The Labute approximate surface area is 182 Å². The first-order valence-corrected chi connectivity index (χ1v) is 10.6. The molecular formula is C20H30ClN5O4. The van der Waals surface area contributed by atoms with Gasteiger partial charge in [-0.3, -0.25) is 19.8 Å². The van der Waals surface area contributed by atoms with Gasteiger partial charge in [0.25, 0.3) is 5.70 Å². The number of unbranched alkanes of at least 4 members (excludes halogenated alkanes) is 1. The topological polar surface area (TPSA) is 92.0 Å². The molecule has 9 nitrogen and oxygen atoms in total. The molecule has 0 atom stereocenters. The van der Waals surface area contributed by atoms with Crippen molar-refractivity contribution < 1.29 is 14.5 Å². The molecule has 0 bridgehead atoms. The zero-order chi connectivity index (χ0) is 22.1. The molecule has 0 saturated heterocycles. The molecule has 1 aliphatic heterocycles. The van der Waals surface area contributed by atoms with Crippen molar-refractivity contribution in [3.63, 3.8) is 0 Å². The van der Waals surface area contributed by atoms with Crippen LogP contribution in [0.2, 0.25) is 5.15 Å². The van der Waals surface area contributed by atoms with Crippen molar-refractivity contribution in [3.8, 4) is 0 Å². The van der Waals surface area contributed by atoms with Gasteiger partial charge in [0.05, 0.1) is 31.2 Å². The molecule has 2 rings (SSSR count). The second-order valence-electron chi connectivity index (χ2n) is 7.25. The average molecular weight is 440 g/mol. The first kappa shape index (κ1) is 23.9. The molecule has 2 heterocycles. The molecule has 0 aromatic carbocycles. The van der Waals surface area contributed by atoms with Crippen LogP contribution in [0.1, 0.15) is 38.7 Å². The van der Waals surface area contributed by atoms with Gasteiger partial charge >= 0.3 is 5.97 Å². The van der Waals surface area contributed by atoms with Crippen LogP contribution in [0.5, 0.6) is 0 Å². The van der Waals surface area contributed by atoms with Gasteiger partial charge in [-0.25, -0.2) is 4.98 Å². The smallest absolute Gasteiger partial charge is 0.307 e. The highest BCUT2D eigenvalue weighted by Gasteiger charge is 2.33. The van der Waals surface area contributed by atoms with E-state index in [9.17, 15) is 14.9 Å². The number of carbonyl (C=O) groups is 1. The van der Waals surface area contributed by atoms with Crippen molar-refractivity contribution in [2.75, 3.05) is 40.0 Å². The summed E-state index contributed by atoms with van der Waals surface area (Å²) in [4.78, 5) is 33.2. The van der Waals surface area contributed by atoms with Gasteiger partial charge < -0.3 is 14.5 Å². The minimum atomic E-state index is -0.333. The molecule has 166 valence electrons. The highest BCUT2D eigenvalue weighted by atomic mass is 35.5. The zero-order valence-corrected chi connectivity index (χ0v) is 18.6. The number of hydrogen-bond acceptors (Lipinski definition) is 8. The van der Waals surface area contributed by atoms with Crippen LogP contribution < -0.4 is 0 Å².